The molecule has 3 rings (SSSR count). The third-order valence-electron chi connectivity index (χ3n) is 4.83. The Morgan fingerprint density at radius 3 is 2.69 bits per heavy atom. The second-order valence-electron chi connectivity index (χ2n) is 6.65. The van der Waals surface area contributed by atoms with Crippen LogP contribution in [-0.4, -0.2) is 36.2 Å². The van der Waals surface area contributed by atoms with Crippen molar-refractivity contribution in [3.05, 3.63) is 51.4 Å². The number of aryl methyl sites for hydroxylation is 1. The number of benzene rings is 1. The number of fused-ring (bicyclic) bond motifs is 1. The van der Waals surface area contributed by atoms with Gasteiger partial charge in [0, 0.05) is 11.4 Å². The zero-order chi connectivity index (χ0) is 21.0. The van der Waals surface area contributed by atoms with Gasteiger partial charge in [0.25, 0.3) is 5.56 Å². The number of ether oxygens (including phenoxy) is 2. The SMILES string of the molecule is CCc1cc2c(=O)n(C(C)C(=O)NCCc3ccc(OC)c(OC)c3)cnc2s1. The summed E-state index contributed by atoms with van der Waals surface area (Å²) in [6.07, 6.45) is 2.95. The first-order valence-electron chi connectivity index (χ1n) is 9.46. The van der Waals surface area contributed by atoms with Gasteiger partial charge in [-0.25, -0.2) is 4.98 Å². The van der Waals surface area contributed by atoms with Gasteiger partial charge in [-0.3, -0.25) is 14.2 Å². The lowest BCUT2D eigenvalue weighted by molar-refractivity contribution is -0.123. The minimum Gasteiger partial charge on any atom is -0.493 e. The largest absolute Gasteiger partial charge is 0.493 e. The number of aromatic nitrogens is 2. The molecule has 3 aromatic rings. The van der Waals surface area contributed by atoms with Crippen LogP contribution in [0.4, 0.5) is 0 Å². The number of thiophene rings is 1. The van der Waals surface area contributed by atoms with E-state index in [9.17, 15) is 9.59 Å². The maximum Gasteiger partial charge on any atom is 0.262 e. The summed E-state index contributed by atoms with van der Waals surface area (Å²) in [5.74, 6) is 1.09. The molecule has 0 aliphatic rings. The zero-order valence-electron chi connectivity index (χ0n) is 17.0. The molecule has 0 aliphatic carbocycles. The van der Waals surface area contributed by atoms with Gasteiger partial charge < -0.3 is 14.8 Å². The van der Waals surface area contributed by atoms with E-state index in [0.717, 1.165) is 16.9 Å². The summed E-state index contributed by atoms with van der Waals surface area (Å²) in [6, 6.07) is 6.88. The fourth-order valence-electron chi connectivity index (χ4n) is 3.08. The molecule has 1 unspecified atom stereocenters. The Labute approximate surface area is 173 Å². The van der Waals surface area contributed by atoms with Crippen molar-refractivity contribution < 1.29 is 14.3 Å². The summed E-state index contributed by atoms with van der Waals surface area (Å²) in [5, 5.41) is 3.46. The number of carbonyl (C=O) groups excluding carboxylic acids is 1. The highest BCUT2D eigenvalue weighted by molar-refractivity contribution is 7.18. The number of carbonyl (C=O) groups is 1. The van der Waals surface area contributed by atoms with Crippen LogP contribution in [0.5, 0.6) is 11.5 Å². The Morgan fingerprint density at radius 2 is 2.00 bits per heavy atom. The first kappa shape index (κ1) is 20.9. The van der Waals surface area contributed by atoms with E-state index < -0.39 is 6.04 Å². The summed E-state index contributed by atoms with van der Waals surface area (Å²) >= 11 is 1.51. The highest BCUT2D eigenvalue weighted by atomic mass is 32.1. The van der Waals surface area contributed by atoms with Crippen molar-refractivity contribution in [3.8, 4) is 11.5 Å². The van der Waals surface area contributed by atoms with Crippen LogP contribution < -0.4 is 20.3 Å². The van der Waals surface area contributed by atoms with Crippen LogP contribution in [0.2, 0.25) is 0 Å². The predicted molar refractivity (Wildman–Crippen MR) is 114 cm³/mol. The molecular formula is C21H25N3O4S. The van der Waals surface area contributed by atoms with Crippen LogP contribution in [0.15, 0.2) is 35.4 Å². The highest BCUT2D eigenvalue weighted by Gasteiger charge is 2.18. The number of hydrogen-bond acceptors (Lipinski definition) is 6. The van der Waals surface area contributed by atoms with Crippen molar-refractivity contribution in [2.24, 2.45) is 0 Å². The normalized spacial score (nSPS) is 12.0. The molecular weight excluding hydrogens is 390 g/mol. The average molecular weight is 416 g/mol. The maximum atomic E-state index is 12.8. The summed E-state index contributed by atoms with van der Waals surface area (Å²) in [4.78, 5) is 31.5. The molecule has 0 radical (unpaired) electrons. The topological polar surface area (TPSA) is 82.5 Å². The van der Waals surface area contributed by atoms with Gasteiger partial charge >= 0.3 is 0 Å². The zero-order valence-corrected chi connectivity index (χ0v) is 17.8. The Bertz CT molecular complexity index is 1070. The quantitative estimate of drug-likeness (QED) is 0.612. The third-order valence-corrected chi connectivity index (χ3v) is 6.02. The number of nitrogens with zero attached hydrogens (tertiary/aromatic N) is 2. The summed E-state index contributed by atoms with van der Waals surface area (Å²) < 4.78 is 11.9. The van der Waals surface area contributed by atoms with E-state index in [1.807, 2.05) is 31.2 Å². The first-order chi connectivity index (χ1) is 14.0. The predicted octanol–water partition coefficient (Wildman–Crippen LogP) is 2.96. The second kappa shape index (κ2) is 9.09. The lowest BCUT2D eigenvalue weighted by Crippen LogP contribution is -2.36. The Morgan fingerprint density at radius 1 is 1.24 bits per heavy atom. The number of amides is 1. The Kier molecular flexibility index (Phi) is 6.53. The Balaban J connectivity index is 1.66. The molecule has 1 N–H and O–H groups in total. The summed E-state index contributed by atoms with van der Waals surface area (Å²) in [7, 11) is 3.18. The first-order valence-corrected chi connectivity index (χ1v) is 10.3. The minimum atomic E-state index is -0.644. The van der Waals surface area contributed by atoms with Crippen molar-refractivity contribution in [1.29, 1.82) is 0 Å². The Hall–Kier alpha value is -2.87. The van der Waals surface area contributed by atoms with E-state index in [4.69, 9.17) is 9.47 Å². The molecule has 1 atom stereocenters. The van der Waals surface area contributed by atoms with Crippen LogP contribution in [0.3, 0.4) is 0 Å². The van der Waals surface area contributed by atoms with Gasteiger partial charge in [-0.15, -0.1) is 11.3 Å². The molecule has 154 valence electrons. The number of nitrogens with one attached hydrogen (secondary N) is 1. The molecule has 29 heavy (non-hydrogen) atoms. The van der Waals surface area contributed by atoms with Crippen molar-refractivity contribution in [2.75, 3.05) is 20.8 Å². The van der Waals surface area contributed by atoms with E-state index in [1.54, 1.807) is 21.1 Å². The van der Waals surface area contributed by atoms with E-state index in [0.29, 0.717) is 34.7 Å². The van der Waals surface area contributed by atoms with Gasteiger partial charge in [0.2, 0.25) is 5.91 Å². The molecule has 0 bridgehead atoms. The molecule has 7 nitrogen and oxygen atoms in total. The van der Waals surface area contributed by atoms with Gasteiger partial charge in [-0.2, -0.15) is 0 Å². The molecule has 0 aliphatic heterocycles. The van der Waals surface area contributed by atoms with E-state index in [1.165, 1.54) is 22.2 Å². The lowest BCUT2D eigenvalue weighted by atomic mass is 10.1. The van der Waals surface area contributed by atoms with Crippen LogP contribution in [0.25, 0.3) is 10.2 Å². The molecule has 0 saturated carbocycles. The van der Waals surface area contributed by atoms with Crippen LogP contribution in [0.1, 0.15) is 30.3 Å². The molecule has 2 heterocycles. The van der Waals surface area contributed by atoms with Crippen LogP contribution in [0, 0.1) is 0 Å². The average Bonchev–Trinajstić information content (AvgIpc) is 3.17. The third kappa shape index (κ3) is 4.42. The van der Waals surface area contributed by atoms with Crippen LogP contribution >= 0.6 is 11.3 Å². The highest BCUT2D eigenvalue weighted by Crippen LogP contribution is 2.27. The fraction of sp³-hybridized carbons (Fsp3) is 0.381. The monoisotopic (exact) mass is 415 g/mol. The fourth-order valence-corrected chi connectivity index (χ4v) is 4.00. The van der Waals surface area contributed by atoms with E-state index >= 15 is 0 Å². The molecule has 2 aromatic heterocycles. The van der Waals surface area contributed by atoms with E-state index in [2.05, 4.69) is 10.3 Å². The van der Waals surface area contributed by atoms with Gasteiger partial charge in [-0.1, -0.05) is 13.0 Å². The number of methoxy groups -OCH3 is 2. The van der Waals surface area contributed by atoms with Crippen molar-refractivity contribution >= 4 is 27.5 Å². The molecule has 1 amide bonds. The van der Waals surface area contributed by atoms with Gasteiger partial charge in [-0.05, 0) is 43.5 Å². The molecule has 0 fully saturated rings. The molecule has 0 spiro atoms. The van der Waals surface area contributed by atoms with Gasteiger partial charge in [0.15, 0.2) is 11.5 Å². The standard InChI is InChI=1S/C21H25N3O4S/c1-5-15-11-16-20(29-15)23-12-24(21(16)26)13(2)19(25)22-9-8-14-6-7-17(27-3)18(10-14)28-4/h6-7,10-13H,5,8-9H2,1-4H3,(H,22,25). The summed E-state index contributed by atoms with van der Waals surface area (Å²) in [6.45, 7) is 4.19. The van der Waals surface area contributed by atoms with Crippen molar-refractivity contribution in [1.82, 2.24) is 14.9 Å². The van der Waals surface area contributed by atoms with Crippen molar-refractivity contribution in [3.63, 3.8) is 0 Å². The van der Waals surface area contributed by atoms with Gasteiger partial charge in [0.05, 0.1) is 25.9 Å². The van der Waals surface area contributed by atoms with Crippen LogP contribution in [-0.2, 0) is 17.6 Å². The smallest absolute Gasteiger partial charge is 0.262 e. The van der Waals surface area contributed by atoms with Crippen molar-refractivity contribution in [2.45, 2.75) is 32.7 Å². The molecule has 0 saturated heterocycles. The maximum absolute atomic E-state index is 12.8. The minimum absolute atomic E-state index is 0.187. The van der Waals surface area contributed by atoms with Gasteiger partial charge in [0.1, 0.15) is 10.9 Å². The lowest BCUT2D eigenvalue weighted by Gasteiger charge is -2.15. The molecule has 8 heteroatoms. The number of hydrogen-bond donors (Lipinski definition) is 1. The second-order valence-corrected chi connectivity index (χ2v) is 7.76. The summed E-state index contributed by atoms with van der Waals surface area (Å²) in [5.41, 5.74) is 0.828. The van der Waals surface area contributed by atoms with E-state index in [-0.39, 0.29) is 11.5 Å². The number of rotatable bonds is 8. The molecule has 1 aromatic carbocycles.